The Hall–Kier alpha value is -3.53. The summed E-state index contributed by atoms with van der Waals surface area (Å²) in [6.45, 7) is 5.35. The topological polar surface area (TPSA) is 125 Å². The first-order valence-electron chi connectivity index (χ1n) is 14.7. The maximum absolute atomic E-state index is 13.5. The van der Waals surface area contributed by atoms with Crippen molar-refractivity contribution in [2.45, 2.75) is 63.9 Å². The van der Waals surface area contributed by atoms with Crippen LogP contribution in [0.5, 0.6) is 5.75 Å². The third kappa shape index (κ3) is 6.12. The van der Waals surface area contributed by atoms with Gasteiger partial charge < -0.3 is 19.5 Å². The third-order valence-corrected chi connectivity index (χ3v) is 9.79. The number of hydrogen-bond acceptors (Lipinski definition) is 8. The number of amides is 1. The van der Waals surface area contributed by atoms with E-state index in [0.717, 1.165) is 35.1 Å². The van der Waals surface area contributed by atoms with Crippen LogP contribution in [0.25, 0.3) is 11.1 Å². The number of alkyl carbamates (subject to hydrolysis) is 1. The van der Waals surface area contributed by atoms with Crippen molar-refractivity contribution in [3.63, 3.8) is 0 Å². The molecule has 2 aromatic carbocycles. The average Bonchev–Trinajstić information content (AvgIpc) is 3.39. The summed E-state index contributed by atoms with van der Waals surface area (Å²) in [5, 5.41) is 2.60. The van der Waals surface area contributed by atoms with Crippen LogP contribution in [0.4, 0.5) is 4.79 Å². The zero-order valence-corrected chi connectivity index (χ0v) is 26.3. The summed E-state index contributed by atoms with van der Waals surface area (Å²) in [5.41, 5.74) is 4.72. The number of fused-ring (bicyclic) bond motifs is 4. The lowest BCUT2D eigenvalue weighted by atomic mass is 9.81. The summed E-state index contributed by atoms with van der Waals surface area (Å²) in [5.74, 6) is -2.07. The molecular weight excluding hydrogens is 618 g/mol. The molecule has 2 unspecified atom stereocenters. The zero-order chi connectivity index (χ0) is 31.0. The van der Waals surface area contributed by atoms with Crippen molar-refractivity contribution in [1.82, 2.24) is 5.32 Å². The quantitative estimate of drug-likeness (QED) is 0.226. The number of Topliss-reactive ketones (excluding diaryl/α,β-unsaturated/α-hetero) is 3. The second-order valence-corrected chi connectivity index (χ2v) is 13.1. The number of esters is 1. The summed E-state index contributed by atoms with van der Waals surface area (Å²) in [4.78, 5) is 64.0. The van der Waals surface area contributed by atoms with E-state index >= 15 is 0 Å². The predicted octanol–water partition coefficient (Wildman–Crippen LogP) is 5.48. The van der Waals surface area contributed by atoms with E-state index in [4.69, 9.17) is 9.47 Å². The molecule has 0 saturated heterocycles. The number of carbonyl (C=O) groups excluding carboxylic acids is 5. The number of rotatable bonds is 8. The van der Waals surface area contributed by atoms with Gasteiger partial charge in [0, 0.05) is 22.6 Å². The maximum atomic E-state index is 13.5. The van der Waals surface area contributed by atoms with E-state index in [1.54, 1.807) is 12.1 Å². The maximum Gasteiger partial charge on any atom is 0.407 e. The van der Waals surface area contributed by atoms with Gasteiger partial charge in [-0.15, -0.1) is 0 Å². The van der Waals surface area contributed by atoms with Crippen molar-refractivity contribution in [3.8, 4) is 16.9 Å². The molecule has 2 aromatic rings. The van der Waals surface area contributed by atoms with Gasteiger partial charge in [-0.05, 0) is 72.4 Å². The molecule has 0 bridgehead atoms. The number of ketones is 3. The molecule has 2 aliphatic carbocycles. The Kier molecular flexibility index (Phi) is 9.06. The number of aryl methyl sites for hydroxylation is 1. The SMILES string of the molecule is COC(=O)N[C@H](C(=O)C1[C@@H](C)CC[C@H]1C(=O)OCC(=O)c1ccc2c(c1)COc1cc3c(cc1-2)CCC(Br)C3=O)C(C)C. The van der Waals surface area contributed by atoms with Crippen LogP contribution >= 0.6 is 15.9 Å². The van der Waals surface area contributed by atoms with Crippen LogP contribution < -0.4 is 10.1 Å². The Morgan fingerprint density at radius 2 is 1.79 bits per heavy atom. The van der Waals surface area contributed by atoms with E-state index in [0.29, 0.717) is 29.7 Å². The Morgan fingerprint density at radius 1 is 1.02 bits per heavy atom. The lowest BCUT2D eigenvalue weighted by Gasteiger charge is -2.28. The summed E-state index contributed by atoms with van der Waals surface area (Å²) in [6.07, 6.45) is 1.95. The van der Waals surface area contributed by atoms with Crippen molar-refractivity contribution < 1.29 is 38.2 Å². The van der Waals surface area contributed by atoms with Gasteiger partial charge in [-0.1, -0.05) is 48.8 Å². The molecule has 0 aromatic heterocycles. The molecule has 9 nitrogen and oxygen atoms in total. The van der Waals surface area contributed by atoms with Crippen LogP contribution in [0.3, 0.4) is 0 Å². The van der Waals surface area contributed by atoms with Crippen LogP contribution in [0.1, 0.15) is 71.9 Å². The van der Waals surface area contributed by atoms with Gasteiger partial charge in [-0.2, -0.15) is 0 Å². The van der Waals surface area contributed by atoms with Gasteiger partial charge in [0.1, 0.15) is 12.4 Å². The molecule has 228 valence electrons. The zero-order valence-electron chi connectivity index (χ0n) is 24.7. The lowest BCUT2D eigenvalue weighted by molar-refractivity contribution is -0.151. The Balaban J connectivity index is 1.26. The number of methoxy groups -OCH3 is 1. The molecule has 1 amide bonds. The number of hydrogen-bond donors (Lipinski definition) is 1. The molecule has 5 atom stereocenters. The van der Waals surface area contributed by atoms with Crippen molar-refractivity contribution in [2.75, 3.05) is 13.7 Å². The van der Waals surface area contributed by atoms with Gasteiger partial charge in [0.25, 0.3) is 0 Å². The van der Waals surface area contributed by atoms with Crippen LogP contribution in [0.15, 0.2) is 30.3 Å². The number of carbonyl (C=O) groups is 5. The molecule has 10 heteroatoms. The van der Waals surface area contributed by atoms with Crippen LogP contribution in [-0.4, -0.2) is 54.0 Å². The highest BCUT2D eigenvalue weighted by Gasteiger charge is 2.46. The van der Waals surface area contributed by atoms with Crippen molar-refractivity contribution in [3.05, 3.63) is 52.6 Å². The lowest BCUT2D eigenvalue weighted by Crippen LogP contribution is -2.49. The highest BCUT2D eigenvalue weighted by molar-refractivity contribution is 9.10. The summed E-state index contributed by atoms with van der Waals surface area (Å²) < 4.78 is 16.1. The number of benzene rings is 2. The molecule has 1 aliphatic heterocycles. The molecule has 0 spiro atoms. The van der Waals surface area contributed by atoms with Gasteiger partial charge in [-0.3, -0.25) is 19.2 Å². The minimum Gasteiger partial charge on any atom is -0.488 e. The molecule has 0 radical (unpaired) electrons. The van der Waals surface area contributed by atoms with Crippen LogP contribution in [-0.2, 0) is 32.1 Å². The standard InChI is InChI=1S/C33H36BrNO8/c1-16(2)29(35-33(40)41-4)31(38)28-17(3)5-8-22(28)32(39)43-15-26(36)19-6-9-21-20(11-19)14-42-27-13-23-18(12-24(21)27)7-10-25(34)30(23)37/h6,9,11-13,16-17,22,25,28-29H,5,7-8,10,14-15H2,1-4H3,(H,35,40)/t17-,22+,25?,28?,29-/m0/s1. The first-order chi connectivity index (χ1) is 20.5. The largest absolute Gasteiger partial charge is 0.488 e. The highest BCUT2D eigenvalue weighted by atomic mass is 79.9. The summed E-state index contributed by atoms with van der Waals surface area (Å²) in [7, 11) is 1.23. The second-order valence-electron chi connectivity index (χ2n) is 12.0. The smallest absolute Gasteiger partial charge is 0.407 e. The van der Waals surface area contributed by atoms with E-state index in [9.17, 15) is 24.0 Å². The van der Waals surface area contributed by atoms with Crippen LogP contribution in [0, 0.1) is 23.7 Å². The highest BCUT2D eigenvalue weighted by Crippen LogP contribution is 2.42. The first kappa shape index (κ1) is 30.9. The Morgan fingerprint density at radius 3 is 2.51 bits per heavy atom. The van der Waals surface area contributed by atoms with E-state index < -0.39 is 36.5 Å². The minimum absolute atomic E-state index is 0.0642. The molecule has 1 fully saturated rings. The van der Waals surface area contributed by atoms with E-state index in [1.807, 2.05) is 39.0 Å². The Labute approximate surface area is 259 Å². The second kappa shape index (κ2) is 12.6. The number of alkyl halides is 1. The van der Waals surface area contributed by atoms with Gasteiger partial charge in [0.05, 0.1) is 23.9 Å². The molecule has 1 saturated carbocycles. The first-order valence-corrected chi connectivity index (χ1v) is 15.6. The van der Waals surface area contributed by atoms with Gasteiger partial charge in [-0.25, -0.2) is 4.79 Å². The molecule has 43 heavy (non-hydrogen) atoms. The molecular formula is C33H36BrNO8. The number of halogens is 1. The van der Waals surface area contributed by atoms with Gasteiger partial charge in [0.15, 0.2) is 24.0 Å². The summed E-state index contributed by atoms with van der Waals surface area (Å²) in [6, 6.07) is 8.35. The van der Waals surface area contributed by atoms with Crippen molar-refractivity contribution >= 4 is 45.3 Å². The fourth-order valence-electron chi connectivity index (χ4n) is 6.51. The van der Waals surface area contributed by atoms with E-state index in [2.05, 4.69) is 26.0 Å². The predicted molar refractivity (Wildman–Crippen MR) is 161 cm³/mol. The molecule has 1 N–H and O–H groups in total. The average molecular weight is 655 g/mol. The molecule has 3 aliphatic rings. The van der Waals surface area contributed by atoms with Crippen molar-refractivity contribution in [1.29, 1.82) is 0 Å². The van der Waals surface area contributed by atoms with E-state index in [1.165, 1.54) is 7.11 Å². The van der Waals surface area contributed by atoms with Gasteiger partial charge in [0.2, 0.25) is 0 Å². The normalized spacial score (nSPS) is 22.9. The molecule has 1 heterocycles. The van der Waals surface area contributed by atoms with Crippen molar-refractivity contribution in [2.24, 2.45) is 23.7 Å². The molecule has 5 rings (SSSR count). The van der Waals surface area contributed by atoms with E-state index in [-0.39, 0.29) is 40.6 Å². The number of ether oxygens (including phenoxy) is 3. The fourth-order valence-corrected chi connectivity index (χ4v) is 6.98. The summed E-state index contributed by atoms with van der Waals surface area (Å²) >= 11 is 3.45. The van der Waals surface area contributed by atoms with Gasteiger partial charge >= 0.3 is 12.1 Å². The monoisotopic (exact) mass is 653 g/mol. The third-order valence-electron chi connectivity index (χ3n) is 8.91. The number of nitrogens with one attached hydrogen (secondary N) is 1. The Bertz CT molecular complexity index is 1480. The minimum atomic E-state index is -0.801. The fraction of sp³-hybridized carbons (Fsp3) is 0.485. The van der Waals surface area contributed by atoms with Crippen LogP contribution in [0.2, 0.25) is 0 Å².